The Morgan fingerprint density at radius 1 is 1.19 bits per heavy atom. The monoisotopic (exact) mass is 307 g/mol. The van der Waals surface area contributed by atoms with Gasteiger partial charge in [0.15, 0.2) is 0 Å². The van der Waals surface area contributed by atoms with Crippen molar-refractivity contribution < 1.29 is 19.1 Å². The van der Waals surface area contributed by atoms with Crippen molar-refractivity contribution in [2.45, 2.75) is 19.9 Å². The zero-order valence-electron chi connectivity index (χ0n) is 12.4. The van der Waals surface area contributed by atoms with Gasteiger partial charge in [-0.15, -0.1) is 0 Å². The molecule has 0 N–H and O–H groups in total. The molecule has 2 amide bonds. The molecule has 0 unspecified atom stereocenters. The number of hydrogen-bond donors (Lipinski definition) is 0. The van der Waals surface area contributed by atoms with Crippen LogP contribution in [0.15, 0.2) is 23.1 Å². The summed E-state index contributed by atoms with van der Waals surface area (Å²) in [6.45, 7) is 3.62. The number of methoxy groups -OCH3 is 2. The van der Waals surface area contributed by atoms with Crippen molar-refractivity contribution in [2.75, 3.05) is 14.2 Å². The molecule has 1 heterocycles. The molecule has 1 saturated heterocycles. The van der Waals surface area contributed by atoms with Crippen molar-refractivity contribution >= 4 is 29.0 Å². The molecule has 6 heteroatoms. The summed E-state index contributed by atoms with van der Waals surface area (Å²) in [7, 11) is 3.12. The van der Waals surface area contributed by atoms with Gasteiger partial charge in [-0.2, -0.15) is 0 Å². The van der Waals surface area contributed by atoms with Crippen molar-refractivity contribution in [3.63, 3.8) is 0 Å². The van der Waals surface area contributed by atoms with E-state index in [1.54, 1.807) is 38.5 Å². The van der Waals surface area contributed by atoms with Crippen LogP contribution in [0.2, 0.25) is 0 Å². The van der Waals surface area contributed by atoms with Crippen LogP contribution in [-0.4, -0.2) is 36.3 Å². The molecule has 1 aromatic carbocycles. The summed E-state index contributed by atoms with van der Waals surface area (Å²) in [5.74, 6) is 1.00. The average molecular weight is 307 g/mol. The molecule has 0 atom stereocenters. The summed E-state index contributed by atoms with van der Waals surface area (Å²) in [5, 5.41) is -0.247. The lowest BCUT2D eigenvalue weighted by atomic mass is 10.1. The normalized spacial score (nSPS) is 17.0. The fourth-order valence-corrected chi connectivity index (χ4v) is 2.97. The lowest BCUT2D eigenvalue weighted by Gasteiger charge is -2.16. The van der Waals surface area contributed by atoms with Gasteiger partial charge < -0.3 is 9.47 Å². The Morgan fingerprint density at radius 3 is 2.43 bits per heavy atom. The standard InChI is InChI=1S/C15H17NO4S/c1-9(2)16-14(17)13(21-15(16)18)8-10-7-11(19-3)5-6-12(10)20-4/h5-9H,1-4H3/b13-8-. The molecule has 0 aromatic heterocycles. The fraction of sp³-hybridized carbons (Fsp3) is 0.333. The molecule has 0 bridgehead atoms. The molecule has 0 aliphatic carbocycles. The number of amides is 2. The van der Waals surface area contributed by atoms with Crippen LogP contribution in [0.5, 0.6) is 11.5 Å². The minimum absolute atomic E-state index is 0.157. The van der Waals surface area contributed by atoms with Crippen LogP contribution in [0.3, 0.4) is 0 Å². The van der Waals surface area contributed by atoms with Gasteiger partial charge in [-0.05, 0) is 49.9 Å². The molecule has 1 aromatic rings. The minimum Gasteiger partial charge on any atom is -0.497 e. The van der Waals surface area contributed by atoms with Gasteiger partial charge in [0.05, 0.1) is 19.1 Å². The van der Waals surface area contributed by atoms with E-state index in [9.17, 15) is 9.59 Å². The molecular weight excluding hydrogens is 290 g/mol. The first kappa shape index (κ1) is 15.4. The predicted molar refractivity (Wildman–Crippen MR) is 82.5 cm³/mol. The highest BCUT2D eigenvalue weighted by Gasteiger charge is 2.36. The van der Waals surface area contributed by atoms with Crippen LogP contribution >= 0.6 is 11.8 Å². The molecule has 1 aliphatic rings. The Balaban J connectivity index is 2.40. The number of carbonyl (C=O) groups is 2. The van der Waals surface area contributed by atoms with Crippen LogP contribution in [0.4, 0.5) is 4.79 Å². The van der Waals surface area contributed by atoms with Gasteiger partial charge in [0, 0.05) is 11.6 Å². The van der Waals surface area contributed by atoms with Gasteiger partial charge >= 0.3 is 0 Å². The smallest absolute Gasteiger partial charge is 0.293 e. The maximum absolute atomic E-state index is 12.3. The molecule has 1 aliphatic heterocycles. The highest BCUT2D eigenvalue weighted by atomic mass is 32.2. The van der Waals surface area contributed by atoms with E-state index < -0.39 is 0 Å². The Morgan fingerprint density at radius 2 is 1.90 bits per heavy atom. The highest BCUT2D eigenvalue weighted by molar-refractivity contribution is 8.18. The van der Waals surface area contributed by atoms with Gasteiger partial charge in [0.1, 0.15) is 11.5 Å². The highest BCUT2D eigenvalue weighted by Crippen LogP contribution is 2.35. The number of imide groups is 1. The van der Waals surface area contributed by atoms with E-state index in [1.807, 2.05) is 13.8 Å². The predicted octanol–water partition coefficient (Wildman–Crippen LogP) is 3.15. The molecule has 1 fully saturated rings. The molecule has 2 rings (SSSR count). The number of thioether (sulfide) groups is 1. The van der Waals surface area contributed by atoms with E-state index in [2.05, 4.69) is 0 Å². The van der Waals surface area contributed by atoms with Crippen molar-refractivity contribution in [2.24, 2.45) is 0 Å². The van der Waals surface area contributed by atoms with Crippen molar-refractivity contribution in [3.8, 4) is 11.5 Å². The van der Waals surface area contributed by atoms with Gasteiger partial charge in [-0.1, -0.05) is 0 Å². The minimum atomic E-state index is -0.273. The second-order valence-electron chi connectivity index (χ2n) is 4.75. The van der Waals surface area contributed by atoms with E-state index in [-0.39, 0.29) is 17.2 Å². The average Bonchev–Trinajstić information content (AvgIpc) is 2.73. The number of carbonyl (C=O) groups excluding carboxylic acids is 2. The van der Waals surface area contributed by atoms with E-state index in [0.29, 0.717) is 22.0 Å². The summed E-state index contributed by atoms with van der Waals surface area (Å²) >= 11 is 0.940. The molecule has 21 heavy (non-hydrogen) atoms. The van der Waals surface area contributed by atoms with Crippen LogP contribution in [0, 0.1) is 0 Å². The summed E-state index contributed by atoms with van der Waals surface area (Å²) in [6.07, 6.45) is 1.66. The van der Waals surface area contributed by atoms with Crippen LogP contribution in [-0.2, 0) is 4.79 Å². The van der Waals surface area contributed by atoms with Gasteiger partial charge in [0.25, 0.3) is 11.1 Å². The van der Waals surface area contributed by atoms with Gasteiger partial charge in [0.2, 0.25) is 0 Å². The summed E-state index contributed by atoms with van der Waals surface area (Å²) < 4.78 is 10.4. The van der Waals surface area contributed by atoms with E-state index in [4.69, 9.17) is 9.47 Å². The van der Waals surface area contributed by atoms with Gasteiger partial charge in [-0.25, -0.2) is 0 Å². The third-order valence-electron chi connectivity index (χ3n) is 3.06. The number of nitrogens with zero attached hydrogens (tertiary/aromatic N) is 1. The zero-order valence-corrected chi connectivity index (χ0v) is 13.2. The number of hydrogen-bond acceptors (Lipinski definition) is 5. The Hall–Kier alpha value is -1.95. The van der Waals surface area contributed by atoms with E-state index in [1.165, 1.54) is 4.90 Å². The second-order valence-corrected chi connectivity index (χ2v) is 5.75. The summed E-state index contributed by atoms with van der Waals surface area (Å²) in [5.41, 5.74) is 0.700. The van der Waals surface area contributed by atoms with Crippen LogP contribution in [0.25, 0.3) is 6.08 Å². The number of rotatable bonds is 4. The Labute approximate surface area is 127 Å². The first-order valence-electron chi connectivity index (χ1n) is 6.47. The molecule has 5 nitrogen and oxygen atoms in total. The van der Waals surface area contributed by atoms with Crippen molar-refractivity contribution in [3.05, 3.63) is 28.7 Å². The summed E-state index contributed by atoms with van der Waals surface area (Å²) in [6, 6.07) is 5.14. The maximum atomic E-state index is 12.3. The van der Waals surface area contributed by atoms with Gasteiger partial charge in [-0.3, -0.25) is 14.5 Å². The lowest BCUT2D eigenvalue weighted by molar-refractivity contribution is -0.123. The molecular formula is C15H17NO4S. The lowest BCUT2D eigenvalue weighted by Crippen LogP contribution is -2.34. The molecule has 0 radical (unpaired) electrons. The topological polar surface area (TPSA) is 55.8 Å². The number of benzene rings is 1. The molecule has 0 spiro atoms. The quantitative estimate of drug-likeness (QED) is 0.800. The first-order valence-corrected chi connectivity index (χ1v) is 7.28. The summed E-state index contributed by atoms with van der Waals surface area (Å²) in [4.78, 5) is 25.8. The molecule has 112 valence electrons. The third-order valence-corrected chi connectivity index (χ3v) is 3.95. The largest absolute Gasteiger partial charge is 0.497 e. The van der Waals surface area contributed by atoms with Crippen molar-refractivity contribution in [1.29, 1.82) is 0 Å². The Bertz CT molecular complexity index is 610. The van der Waals surface area contributed by atoms with Crippen LogP contribution < -0.4 is 9.47 Å². The Kier molecular flexibility index (Phi) is 4.57. The number of ether oxygens (including phenoxy) is 2. The third kappa shape index (κ3) is 3.05. The van der Waals surface area contributed by atoms with E-state index in [0.717, 1.165) is 11.8 Å². The first-order chi connectivity index (χ1) is 9.97. The van der Waals surface area contributed by atoms with Crippen LogP contribution in [0.1, 0.15) is 19.4 Å². The van der Waals surface area contributed by atoms with Crippen molar-refractivity contribution in [1.82, 2.24) is 4.90 Å². The second kappa shape index (κ2) is 6.22. The maximum Gasteiger partial charge on any atom is 0.293 e. The zero-order chi connectivity index (χ0) is 15.6. The SMILES string of the molecule is COc1ccc(OC)c(/C=C2\SC(=O)N(C(C)C)C2=O)c1. The van der Waals surface area contributed by atoms with E-state index >= 15 is 0 Å². The fourth-order valence-electron chi connectivity index (χ4n) is 2.02. The molecule has 0 saturated carbocycles.